The van der Waals surface area contributed by atoms with Crippen molar-refractivity contribution in [2.24, 2.45) is 5.73 Å². The molecule has 0 aliphatic rings. The second kappa shape index (κ2) is 5.58. The minimum Gasteiger partial charge on any atom is -0.486 e. The Hall–Kier alpha value is -1.95. The average Bonchev–Trinajstić information content (AvgIpc) is 2.76. The highest BCUT2D eigenvalue weighted by Gasteiger charge is 2.30. The van der Waals surface area contributed by atoms with Gasteiger partial charge in [0.25, 0.3) is 0 Å². The lowest BCUT2D eigenvalue weighted by molar-refractivity contribution is -0.137. The standard InChI is InChI=1S/C14H14F3NO2/c1-9-6-12(20-13(9)7-18)8-19-11-4-2-10(3-5-11)14(15,16)17/h2-6H,7-8,18H2,1H3. The van der Waals surface area contributed by atoms with E-state index in [4.69, 9.17) is 14.9 Å². The number of ether oxygens (including phenoxy) is 1. The maximum Gasteiger partial charge on any atom is 0.416 e. The van der Waals surface area contributed by atoms with E-state index in [0.29, 0.717) is 23.8 Å². The van der Waals surface area contributed by atoms with E-state index in [1.807, 2.05) is 6.92 Å². The Labute approximate surface area is 114 Å². The Morgan fingerprint density at radius 1 is 1.20 bits per heavy atom. The van der Waals surface area contributed by atoms with Gasteiger partial charge in [-0.15, -0.1) is 0 Å². The van der Waals surface area contributed by atoms with Crippen LogP contribution in [0.4, 0.5) is 13.2 Å². The van der Waals surface area contributed by atoms with Gasteiger partial charge in [0, 0.05) is 0 Å². The van der Waals surface area contributed by atoms with Crippen LogP contribution >= 0.6 is 0 Å². The molecule has 0 amide bonds. The number of alkyl halides is 3. The van der Waals surface area contributed by atoms with Gasteiger partial charge in [-0.3, -0.25) is 0 Å². The first-order valence-corrected chi connectivity index (χ1v) is 5.98. The van der Waals surface area contributed by atoms with Crippen LogP contribution in [-0.2, 0) is 19.3 Å². The largest absolute Gasteiger partial charge is 0.486 e. The highest BCUT2D eigenvalue weighted by atomic mass is 19.4. The van der Waals surface area contributed by atoms with Gasteiger partial charge in [0.15, 0.2) is 0 Å². The molecule has 1 heterocycles. The molecule has 2 N–H and O–H groups in total. The first-order chi connectivity index (χ1) is 9.40. The average molecular weight is 285 g/mol. The molecule has 6 heteroatoms. The van der Waals surface area contributed by atoms with Gasteiger partial charge in [-0.05, 0) is 42.8 Å². The number of rotatable bonds is 4. The van der Waals surface area contributed by atoms with Crippen molar-refractivity contribution in [3.8, 4) is 5.75 Å². The summed E-state index contributed by atoms with van der Waals surface area (Å²) in [6, 6.07) is 6.32. The van der Waals surface area contributed by atoms with Crippen LogP contribution in [0.15, 0.2) is 34.7 Å². The fourth-order valence-corrected chi connectivity index (χ4v) is 1.76. The third-order valence-corrected chi connectivity index (χ3v) is 2.82. The number of aryl methyl sites for hydroxylation is 1. The monoisotopic (exact) mass is 285 g/mol. The summed E-state index contributed by atoms with van der Waals surface area (Å²) in [4.78, 5) is 0. The first kappa shape index (κ1) is 14.5. The van der Waals surface area contributed by atoms with Gasteiger partial charge in [-0.2, -0.15) is 13.2 Å². The van der Waals surface area contributed by atoms with Crippen LogP contribution in [0, 0.1) is 6.92 Å². The van der Waals surface area contributed by atoms with E-state index in [1.54, 1.807) is 6.07 Å². The molecule has 20 heavy (non-hydrogen) atoms. The Balaban J connectivity index is 2.00. The number of hydrogen-bond acceptors (Lipinski definition) is 3. The van der Waals surface area contributed by atoms with Gasteiger partial charge in [-0.1, -0.05) is 0 Å². The van der Waals surface area contributed by atoms with Gasteiger partial charge in [0.05, 0.1) is 12.1 Å². The second-order valence-electron chi connectivity index (χ2n) is 4.33. The van der Waals surface area contributed by atoms with E-state index in [-0.39, 0.29) is 6.61 Å². The molecule has 0 fully saturated rings. The van der Waals surface area contributed by atoms with Gasteiger partial charge in [-0.25, -0.2) is 0 Å². The lowest BCUT2D eigenvalue weighted by atomic mass is 10.2. The molecule has 0 spiro atoms. The summed E-state index contributed by atoms with van der Waals surface area (Å²) in [5, 5.41) is 0. The molecule has 0 bridgehead atoms. The van der Waals surface area contributed by atoms with Crippen LogP contribution < -0.4 is 10.5 Å². The molecule has 3 nitrogen and oxygen atoms in total. The third kappa shape index (κ3) is 3.33. The Morgan fingerprint density at radius 3 is 2.35 bits per heavy atom. The molecular formula is C14H14F3NO2. The first-order valence-electron chi connectivity index (χ1n) is 5.98. The van der Waals surface area contributed by atoms with Crippen LogP contribution in [0.25, 0.3) is 0 Å². The molecule has 0 unspecified atom stereocenters. The van der Waals surface area contributed by atoms with E-state index in [1.165, 1.54) is 12.1 Å². The predicted octanol–water partition coefficient (Wildman–Crippen LogP) is 3.64. The highest BCUT2D eigenvalue weighted by molar-refractivity contribution is 5.29. The number of hydrogen-bond donors (Lipinski definition) is 1. The zero-order valence-corrected chi connectivity index (χ0v) is 10.8. The zero-order chi connectivity index (χ0) is 14.8. The molecule has 108 valence electrons. The smallest absolute Gasteiger partial charge is 0.416 e. The van der Waals surface area contributed by atoms with Crippen molar-refractivity contribution < 1.29 is 22.3 Å². The molecule has 0 radical (unpaired) electrons. The van der Waals surface area contributed by atoms with Crippen LogP contribution in [0.3, 0.4) is 0 Å². The summed E-state index contributed by atoms with van der Waals surface area (Å²) in [5.41, 5.74) is 5.71. The number of benzene rings is 1. The van der Waals surface area contributed by atoms with Crippen molar-refractivity contribution >= 4 is 0 Å². The quantitative estimate of drug-likeness (QED) is 0.932. The van der Waals surface area contributed by atoms with E-state index in [0.717, 1.165) is 17.7 Å². The van der Waals surface area contributed by atoms with Gasteiger partial charge < -0.3 is 14.9 Å². The topological polar surface area (TPSA) is 48.4 Å². The van der Waals surface area contributed by atoms with Gasteiger partial charge >= 0.3 is 6.18 Å². The number of furan rings is 1. The fourth-order valence-electron chi connectivity index (χ4n) is 1.76. The highest BCUT2D eigenvalue weighted by Crippen LogP contribution is 2.30. The molecule has 2 rings (SSSR count). The minimum absolute atomic E-state index is 0.145. The SMILES string of the molecule is Cc1cc(COc2ccc(C(F)(F)F)cc2)oc1CN. The molecule has 2 aromatic rings. The molecule has 0 saturated heterocycles. The summed E-state index contributed by atoms with van der Waals surface area (Å²) >= 11 is 0. The van der Waals surface area contributed by atoms with Gasteiger partial charge in [0.2, 0.25) is 0 Å². The molecular weight excluding hydrogens is 271 g/mol. The predicted molar refractivity (Wildman–Crippen MR) is 67.1 cm³/mol. The Bertz CT molecular complexity index is 573. The van der Waals surface area contributed by atoms with Crippen LogP contribution in [0.1, 0.15) is 22.6 Å². The molecule has 1 aromatic carbocycles. The van der Waals surface area contributed by atoms with Crippen LogP contribution in [0.2, 0.25) is 0 Å². The van der Waals surface area contributed by atoms with Crippen molar-refractivity contribution in [1.29, 1.82) is 0 Å². The number of nitrogens with two attached hydrogens (primary N) is 1. The fraction of sp³-hybridized carbons (Fsp3) is 0.286. The summed E-state index contributed by atoms with van der Waals surface area (Å²) in [6.07, 6.45) is -4.34. The third-order valence-electron chi connectivity index (χ3n) is 2.82. The lowest BCUT2D eigenvalue weighted by Crippen LogP contribution is -2.04. The lowest BCUT2D eigenvalue weighted by Gasteiger charge is -2.08. The maximum atomic E-state index is 12.4. The normalized spacial score (nSPS) is 11.7. The summed E-state index contributed by atoms with van der Waals surface area (Å²) < 4.78 is 48.0. The van der Waals surface area contributed by atoms with E-state index >= 15 is 0 Å². The van der Waals surface area contributed by atoms with Crippen LogP contribution in [0.5, 0.6) is 5.75 Å². The molecule has 1 aromatic heterocycles. The van der Waals surface area contributed by atoms with Crippen molar-refractivity contribution in [2.75, 3.05) is 0 Å². The Morgan fingerprint density at radius 2 is 1.85 bits per heavy atom. The van der Waals surface area contributed by atoms with Crippen molar-refractivity contribution in [3.63, 3.8) is 0 Å². The van der Waals surface area contributed by atoms with Crippen molar-refractivity contribution in [1.82, 2.24) is 0 Å². The molecule has 0 atom stereocenters. The zero-order valence-electron chi connectivity index (χ0n) is 10.8. The number of halogens is 3. The maximum absolute atomic E-state index is 12.4. The Kier molecular flexibility index (Phi) is 4.04. The van der Waals surface area contributed by atoms with Gasteiger partial charge in [0.1, 0.15) is 23.9 Å². The molecule has 0 saturated carbocycles. The molecule has 0 aliphatic carbocycles. The summed E-state index contributed by atoms with van der Waals surface area (Å²) in [7, 11) is 0. The summed E-state index contributed by atoms with van der Waals surface area (Å²) in [6.45, 7) is 2.31. The van der Waals surface area contributed by atoms with Crippen LogP contribution in [-0.4, -0.2) is 0 Å². The van der Waals surface area contributed by atoms with E-state index in [9.17, 15) is 13.2 Å². The van der Waals surface area contributed by atoms with Crippen molar-refractivity contribution in [2.45, 2.75) is 26.3 Å². The summed E-state index contributed by atoms with van der Waals surface area (Å²) in [5.74, 6) is 1.61. The van der Waals surface area contributed by atoms with E-state index in [2.05, 4.69) is 0 Å². The molecule has 0 aliphatic heterocycles. The van der Waals surface area contributed by atoms with Crippen molar-refractivity contribution in [3.05, 3.63) is 53.0 Å². The minimum atomic E-state index is -4.34. The van der Waals surface area contributed by atoms with E-state index < -0.39 is 11.7 Å². The second-order valence-corrected chi connectivity index (χ2v) is 4.33.